The molecule has 11 heavy (non-hydrogen) atoms. The van der Waals surface area contributed by atoms with Gasteiger partial charge in [0.15, 0.2) is 0 Å². The Morgan fingerprint density at radius 1 is 1.82 bits per heavy atom. The molecule has 1 heterocycles. The molecule has 1 amide bonds. The zero-order valence-corrected chi connectivity index (χ0v) is 8.25. The van der Waals surface area contributed by atoms with Crippen molar-refractivity contribution in [2.45, 2.75) is 6.92 Å². The predicted molar refractivity (Wildman–Crippen MR) is 30.3 cm³/mol. The first-order valence-electron chi connectivity index (χ1n) is 2.59. The number of rotatable bonds is 1. The molecule has 1 N–H and O–H groups in total. The Hall–Kier alpha value is -0.520. The van der Waals surface area contributed by atoms with Gasteiger partial charge < -0.3 is 19.7 Å². The van der Waals surface area contributed by atoms with Crippen molar-refractivity contribution in [3.63, 3.8) is 0 Å². The average molecular weight is 164 g/mol. The number of aryl methyl sites for hydroxylation is 1. The van der Waals surface area contributed by atoms with Gasteiger partial charge in [-0.25, -0.2) is 0 Å². The van der Waals surface area contributed by atoms with E-state index in [4.69, 9.17) is 0 Å². The summed E-state index contributed by atoms with van der Waals surface area (Å²) in [7, 11) is 0. The van der Waals surface area contributed by atoms with Gasteiger partial charge >= 0.3 is 29.6 Å². The quantitative estimate of drug-likeness (QED) is 0.442. The molecule has 0 aliphatic rings. The number of amides is 1. The van der Waals surface area contributed by atoms with Crippen molar-refractivity contribution in [3.8, 4) is 0 Å². The summed E-state index contributed by atoms with van der Waals surface area (Å²) in [5, 5.41) is 15.4. The van der Waals surface area contributed by atoms with Gasteiger partial charge in [-0.05, 0) is 6.92 Å². The van der Waals surface area contributed by atoms with Crippen LogP contribution in [0.5, 0.6) is 0 Å². The largest absolute Gasteiger partial charge is 1.00 e. The van der Waals surface area contributed by atoms with Crippen LogP contribution in [0.15, 0.2) is 10.8 Å². The molecule has 6 heteroatoms. The number of carbonyl (C=O) groups excluding carboxylic acids is 1. The van der Waals surface area contributed by atoms with Crippen molar-refractivity contribution < 1.29 is 44.0 Å². The van der Waals surface area contributed by atoms with Crippen LogP contribution in [0.4, 0.5) is 10.5 Å². The van der Waals surface area contributed by atoms with Crippen LogP contribution in [0.2, 0.25) is 0 Å². The van der Waals surface area contributed by atoms with Crippen molar-refractivity contribution in [2.24, 2.45) is 0 Å². The maximum atomic E-state index is 9.93. The van der Waals surface area contributed by atoms with Crippen molar-refractivity contribution in [2.75, 3.05) is 5.32 Å². The molecule has 0 aliphatic heterocycles. The van der Waals surface area contributed by atoms with Crippen LogP contribution in [0.25, 0.3) is 0 Å². The molecule has 1 aromatic heterocycles. The van der Waals surface area contributed by atoms with E-state index in [1.165, 1.54) is 6.26 Å². The molecule has 0 spiro atoms. The summed E-state index contributed by atoms with van der Waals surface area (Å²) in [5.41, 5.74) is 0.809. The molecular weight excluding hydrogens is 159 g/mol. The number of anilines is 1. The molecule has 0 unspecified atom stereocenters. The van der Waals surface area contributed by atoms with Gasteiger partial charge in [0.05, 0.1) is 0 Å². The van der Waals surface area contributed by atoms with E-state index in [1.807, 2.05) is 5.32 Å². The second-order valence-corrected chi connectivity index (χ2v) is 1.73. The first-order valence-corrected chi connectivity index (χ1v) is 2.59. The van der Waals surface area contributed by atoms with E-state index in [0.29, 0.717) is 11.4 Å². The zero-order valence-electron chi connectivity index (χ0n) is 6.25. The van der Waals surface area contributed by atoms with E-state index >= 15 is 0 Å². The summed E-state index contributed by atoms with van der Waals surface area (Å²) in [4.78, 5) is 9.93. The number of nitrogens with one attached hydrogen (secondary N) is 1. The Bertz CT molecular complexity index is 248. The van der Waals surface area contributed by atoms with E-state index in [9.17, 15) is 9.90 Å². The Labute approximate surface area is 85.0 Å². The minimum atomic E-state index is -1.37. The smallest absolute Gasteiger partial charge is 0.530 e. The molecule has 1 rings (SSSR count). The summed E-state index contributed by atoms with van der Waals surface area (Å²) >= 11 is 0. The van der Waals surface area contributed by atoms with Gasteiger partial charge in [-0.15, -0.1) is 0 Å². The molecule has 0 saturated heterocycles. The fourth-order valence-electron chi connectivity index (χ4n) is 0.522. The molecular formula is C5H5N2NaO3. The van der Waals surface area contributed by atoms with Gasteiger partial charge in [-0.3, -0.25) is 0 Å². The predicted octanol–water partition coefficient (Wildman–Crippen LogP) is -3.26. The van der Waals surface area contributed by atoms with Crippen LogP contribution >= 0.6 is 0 Å². The van der Waals surface area contributed by atoms with Gasteiger partial charge in [0.1, 0.15) is 23.7 Å². The van der Waals surface area contributed by atoms with Crippen LogP contribution in [-0.4, -0.2) is 11.2 Å². The normalized spacial score (nSPS) is 8.45. The van der Waals surface area contributed by atoms with E-state index in [1.54, 1.807) is 6.92 Å². The Morgan fingerprint density at radius 2 is 2.45 bits per heavy atom. The summed E-state index contributed by atoms with van der Waals surface area (Å²) in [6.07, 6.45) is -0.170. The maximum absolute atomic E-state index is 9.93. The molecule has 54 valence electrons. The number of hydrogen-bond acceptors (Lipinski definition) is 4. The minimum absolute atomic E-state index is 0. The van der Waals surface area contributed by atoms with E-state index in [-0.39, 0.29) is 29.6 Å². The monoisotopic (exact) mass is 164 g/mol. The summed E-state index contributed by atoms with van der Waals surface area (Å²) < 4.78 is 4.44. The molecule has 1 aromatic rings. The summed E-state index contributed by atoms with van der Waals surface area (Å²) in [6.45, 7) is 1.62. The molecule has 0 aliphatic carbocycles. The molecule has 0 radical (unpaired) electrons. The summed E-state index contributed by atoms with van der Waals surface area (Å²) in [5.74, 6) is 0. The number of carbonyl (C=O) groups is 1. The van der Waals surface area contributed by atoms with E-state index < -0.39 is 6.09 Å². The van der Waals surface area contributed by atoms with Gasteiger partial charge in [0.25, 0.3) is 0 Å². The topological polar surface area (TPSA) is 78.2 Å². The Morgan fingerprint density at radius 3 is 2.82 bits per heavy atom. The molecule has 0 saturated carbocycles. The second-order valence-electron chi connectivity index (χ2n) is 1.73. The number of aromatic nitrogens is 1. The maximum Gasteiger partial charge on any atom is 1.00 e. The molecule has 5 nitrogen and oxygen atoms in total. The van der Waals surface area contributed by atoms with E-state index in [2.05, 4.69) is 9.68 Å². The third kappa shape index (κ3) is 2.92. The SMILES string of the molecule is Cc1nocc1NC(=O)[O-].[Na+]. The van der Waals surface area contributed by atoms with Crippen LogP contribution in [0, 0.1) is 6.92 Å². The first-order chi connectivity index (χ1) is 4.70. The average Bonchev–Trinajstić information content (AvgIpc) is 2.15. The Balaban J connectivity index is 0.000001000. The number of nitrogens with zero attached hydrogens (tertiary/aromatic N) is 1. The first kappa shape index (κ1) is 10.5. The van der Waals surface area contributed by atoms with Crippen LogP contribution in [-0.2, 0) is 0 Å². The van der Waals surface area contributed by atoms with Gasteiger partial charge in [-0.1, -0.05) is 5.16 Å². The van der Waals surface area contributed by atoms with Gasteiger partial charge in [0, 0.05) is 0 Å². The molecule has 0 aromatic carbocycles. The van der Waals surface area contributed by atoms with Gasteiger partial charge in [0.2, 0.25) is 0 Å². The Kier molecular flexibility index (Phi) is 4.17. The molecule has 0 bridgehead atoms. The van der Waals surface area contributed by atoms with Crippen LogP contribution in [0.3, 0.4) is 0 Å². The zero-order chi connectivity index (χ0) is 7.56. The van der Waals surface area contributed by atoms with Crippen molar-refractivity contribution >= 4 is 11.8 Å². The number of hydrogen-bond donors (Lipinski definition) is 1. The molecule has 0 atom stereocenters. The van der Waals surface area contributed by atoms with Crippen molar-refractivity contribution in [1.29, 1.82) is 0 Å². The fraction of sp³-hybridized carbons (Fsp3) is 0.200. The van der Waals surface area contributed by atoms with Crippen LogP contribution in [0.1, 0.15) is 5.69 Å². The van der Waals surface area contributed by atoms with Crippen molar-refractivity contribution in [3.05, 3.63) is 12.0 Å². The third-order valence-corrected chi connectivity index (χ3v) is 0.987. The van der Waals surface area contributed by atoms with Gasteiger partial charge in [-0.2, -0.15) is 0 Å². The van der Waals surface area contributed by atoms with Crippen LogP contribution < -0.4 is 40.0 Å². The van der Waals surface area contributed by atoms with Crippen molar-refractivity contribution in [1.82, 2.24) is 5.16 Å². The standard InChI is InChI=1S/C5H6N2O3.Na/c1-3-4(2-10-7-3)6-5(8)9;/h2,6H,1H3,(H,8,9);/q;+1/p-1. The van der Waals surface area contributed by atoms with E-state index in [0.717, 1.165) is 0 Å². The number of carboxylic acid groups (broad SMARTS) is 1. The second kappa shape index (κ2) is 4.38. The minimum Gasteiger partial charge on any atom is -0.530 e. The summed E-state index contributed by atoms with van der Waals surface area (Å²) in [6, 6.07) is 0. The third-order valence-electron chi connectivity index (χ3n) is 0.987. The molecule has 0 fully saturated rings. The fourth-order valence-corrected chi connectivity index (χ4v) is 0.522.